The molecule has 0 saturated carbocycles. The van der Waals surface area contributed by atoms with Crippen LogP contribution in [0.3, 0.4) is 0 Å². The van der Waals surface area contributed by atoms with Crippen molar-refractivity contribution in [3.05, 3.63) is 89.3 Å². The smallest absolute Gasteiger partial charge is 0.300 e. The van der Waals surface area contributed by atoms with Gasteiger partial charge in [0.05, 0.1) is 18.2 Å². The van der Waals surface area contributed by atoms with E-state index in [1.54, 1.807) is 48.8 Å². The first-order chi connectivity index (χ1) is 17.2. The van der Waals surface area contributed by atoms with Gasteiger partial charge in [0.25, 0.3) is 11.7 Å². The number of ether oxygens (including phenoxy) is 1. The molecule has 7 heteroatoms. The molecule has 1 amide bonds. The van der Waals surface area contributed by atoms with Gasteiger partial charge < -0.3 is 14.7 Å². The van der Waals surface area contributed by atoms with Crippen LogP contribution in [0.1, 0.15) is 49.4 Å². The molecule has 7 nitrogen and oxygen atoms in total. The minimum Gasteiger partial charge on any atom is -0.507 e. The molecule has 1 N–H and O–H groups in total. The Bertz CT molecular complexity index is 1300. The average molecular weight is 486 g/mol. The number of hydrogen-bond donors (Lipinski definition) is 1. The first-order valence-electron chi connectivity index (χ1n) is 12.0. The summed E-state index contributed by atoms with van der Waals surface area (Å²) in [6.45, 7) is 6.50. The standard InChI is InChI=1S/C29H31N3O4/c1-6-36-24-14-9-19(16-23(24)18(2)3)27(33)25-26(20-8-7-15-30-17-20)32(29(35)28(25)34)22-12-10-21(11-13-22)31(4)5/h7-18,26,33H,6H2,1-5H3/b27-25-. The number of benzene rings is 2. The Kier molecular flexibility index (Phi) is 7.10. The number of pyridine rings is 1. The number of hydrogen-bond acceptors (Lipinski definition) is 6. The molecule has 0 spiro atoms. The van der Waals surface area contributed by atoms with Gasteiger partial charge in [0.2, 0.25) is 0 Å². The van der Waals surface area contributed by atoms with Gasteiger partial charge in [-0.15, -0.1) is 0 Å². The van der Waals surface area contributed by atoms with Crippen LogP contribution < -0.4 is 14.5 Å². The summed E-state index contributed by atoms with van der Waals surface area (Å²) >= 11 is 0. The maximum atomic E-state index is 13.4. The van der Waals surface area contributed by atoms with Crippen molar-refractivity contribution in [3.8, 4) is 5.75 Å². The summed E-state index contributed by atoms with van der Waals surface area (Å²) < 4.78 is 5.75. The minimum atomic E-state index is -0.821. The van der Waals surface area contributed by atoms with Gasteiger partial charge in [-0.2, -0.15) is 0 Å². The molecule has 4 rings (SSSR count). The zero-order chi connectivity index (χ0) is 26.0. The van der Waals surface area contributed by atoms with Gasteiger partial charge in [-0.05, 0) is 72.5 Å². The average Bonchev–Trinajstić information content (AvgIpc) is 3.14. The molecule has 2 heterocycles. The molecule has 0 bridgehead atoms. The van der Waals surface area contributed by atoms with E-state index in [-0.39, 0.29) is 17.3 Å². The summed E-state index contributed by atoms with van der Waals surface area (Å²) in [5.74, 6) is -0.795. The molecule has 0 aliphatic carbocycles. The maximum absolute atomic E-state index is 13.4. The molecule has 1 aliphatic rings. The van der Waals surface area contributed by atoms with Gasteiger partial charge >= 0.3 is 0 Å². The van der Waals surface area contributed by atoms with Crippen molar-refractivity contribution in [2.24, 2.45) is 0 Å². The summed E-state index contributed by atoms with van der Waals surface area (Å²) in [7, 11) is 3.86. The van der Waals surface area contributed by atoms with Crippen molar-refractivity contribution >= 4 is 28.8 Å². The number of aromatic nitrogens is 1. The van der Waals surface area contributed by atoms with Crippen molar-refractivity contribution in [3.63, 3.8) is 0 Å². The highest BCUT2D eigenvalue weighted by Crippen LogP contribution is 2.42. The van der Waals surface area contributed by atoms with Crippen LogP contribution in [-0.4, -0.2) is 42.5 Å². The van der Waals surface area contributed by atoms with Crippen molar-refractivity contribution in [1.82, 2.24) is 4.98 Å². The molecular formula is C29H31N3O4. The van der Waals surface area contributed by atoms with Gasteiger partial charge in [-0.25, -0.2) is 0 Å². The Labute approximate surface area is 211 Å². The van der Waals surface area contributed by atoms with Gasteiger partial charge in [-0.1, -0.05) is 19.9 Å². The summed E-state index contributed by atoms with van der Waals surface area (Å²) in [5.41, 5.74) is 3.55. The van der Waals surface area contributed by atoms with Crippen molar-refractivity contribution in [1.29, 1.82) is 0 Å². The molecule has 1 unspecified atom stereocenters. The number of rotatable bonds is 7. The van der Waals surface area contributed by atoms with Crippen LogP contribution in [-0.2, 0) is 9.59 Å². The monoisotopic (exact) mass is 485 g/mol. The molecule has 0 radical (unpaired) electrons. The first kappa shape index (κ1) is 25.0. The number of ketones is 1. The molecule has 1 atom stereocenters. The molecule has 1 aromatic heterocycles. The van der Waals surface area contributed by atoms with Crippen LogP contribution >= 0.6 is 0 Å². The van der Waals surface area contributed by atoms with E-state index in [4.69, 9.17) is 4.74 Å². The Morgan fingerprint density at radius 1 is 1.11 bits per heavy atom. The molecular weight excluding hydrogens is 454 g/mol. The highest BCUT2D eigenvalue weighted by atomic mass is 16.5. The van der Waals surface area contributed by atoms with Crippen LogP contribution in [0.15, 0.2) is 72.6 Å². The van der Waals surface area contributed by atoms with Crippen LogP contribution in [0.5, 0.6) is 5.75 Å². The van der Waals surface area contributed by atoms with Gasteiger partial charge in [0, 0.05) is 43.4 Å². The lowest BCUT2D eigenvalue weighted by molar-refractivity contribution is -0.132. The fourth-order valence-corrected chi connectivity index (χ4v) is 4.45. The van der Waals surface area contributed by atoms with E-state index < -0.39 is 17.7 Å². The number of nitrogens with zero attached hydrogens (tertiary/aromatic N) is 3. The zero-order valence-corrected chi connectivity index (χ0v) is 21.2. The SMILES string of the molecule is CCOc1ccc(/C(O)=C2/C(=O)C(=O)N(c3ccc(N(C)C)cc3)C2c2cccnc2)cc1C(C)C. The van der Waals surface area contributed by atoms with E-state index in [1.165, 1.54) is 4.90 Å². The van der Waals surface area contributed by atoms with Crippen molar-refractivity contribution in [2.45, 2.75) is 32.7 Å². The number of carbonyl (C=O) groups excluding carboxylic acids is 2. The van der Waals surface area contributed by atoms with Crippen LogP contribution in [0, 0.1) is 0 Å². The van der Waals surface area contributed by atoms with E-state index in [0.29, 0.717) is 23.4 Å². The normalized spacial score (nSPS) is 17.1. The summed E-state index contributed by atoms with van der Waals surface area (Å²) in [5, 5.41) is 11.5. The Morgan fingerprint density at radius 3 is 2.42 bits per heavy atom. The highest BCUT2D eigenvalue weighted by molar-refractivity contribution is 6.51. The lowest BCUT2D eigenvalue weighted by Gasteiger charge is -2.26. The maximum Gasteiger partial charge on any atom is 0.300 e. The molecule has 1 saturated heterocycles. The summed E-state index contributed by atoms with van der Waals surface area (Å²) in [6.07, 6.45) is 3.24. The molecule has 3 aromatic rings. The van der Waals surface area contributed by atoms with E-state index in [9.17, 15) is 14.7 Å². The number of Topliss-reactive ketones (excluding diaryl/α,β-unsaturated/α-hetero) is 1. The second-order valence-electron chi connectivity index (χ2n) is 9.21. The van der Waals surface area contributed by atoms with E-state index in [1.807, 2.05) is 58.0 Å². The van der Waals surface area contributed by atoms with E-state index >= 15 is 0 Å². The van der Waals surface area contributed by atoms with Crippen LogP contribution in [0.2, 0.25) is 0 Å². The summed E-state index contributed by atoms with van der Waals surface area (Å²) in [4.78, 5) is 34.3. The lowest BCUT2D eigenvalue weighted by atomic mass is 9.93. The third kappa shape index (κ3) is 4.56. The van der Waals surface area contributed by atoms with Gasteiger partial charge in [0.15, 0.2) is 0 Å². The topological polar surface area (TPSA) is 83.0 Å². The molecule has 186 valence electrons. The zero-order valence-electron chi connectivity index (χ0n) is 21.2. The minimum absolute atomic E-state index is 0.0311. The summed E-state index contributed by atoms with van der Waals surface area (Å²) in [6, 6.07) is 15.4. The van der Waals surface area contributed by atoms with Gasteiger partial charge in [-0.3, -0.25) is 19.5 Å². The molecule has 36 heavy (non-hydrogen) atoms. The molecule has 1 fully saturated rings. The van der Waals surface area contributed by atoms with Crippen molar-refractivity contribution in [2.75, 3.05) is 30.5 Å². The van der Waals surface area contributed by atoms with E-state index in [0.717, 1.165) is 17.0 Å². The number of anilines is 2. The second-order valence-corrected chi connectivity index (χ2v) is 9.21. The van der Waals surface area contributed by atoms with Gasteiger partial charge in [0.1, 0.15) is 11.5 Å². The lowest BCUT2D eigenvalue weighted by Crippen LogP contribution is -2.29. The molecule has 1 aliphatic heterocycles. The number of aliphatic hydroxyl groups is 1. The number of amides is 1. The third-order valence-electron chi connectivity index (χ3n) is 6.29. The Hall–Kier alpha value is -4.13. The predicted molar refractivity (Wildman–Crippen MR) is 141 cm³/mol. The third-order valence-corrected chi connectivity index (χ3v) is 6.29. The first-order valence-corrected chi connectivity index (χ1v) is 12.0. The van der Waals surface area contributed by atoms with Crippen LogP contribution in [0.4, 0.5) is 11.4 Å². The predicted octanol–water partition coefficient (Wildman–Crippen LogP) is 5.30. The Balaban J connectivity index is 1.89. The number of aliphatic hydroxyl groups excluding tert-OH is 1. The second kappa shape index (κ2) is 10.2. The highest BCUT2D eigenvalue weighted by Gasteiger charge is 2.47. The fraction of sp³-hybridized carbons (Fsp3) is 0.276. The number of carbonyl (C=O) groups is 2. The van der Waals surface area contributed by atoms with Crippen LogP contribution in [0.25, 0.3) is 5.76 Å². The van der Waals surface area contributed by atoms with Crippen molar-refractivity contribution < 1.29 is 19.4 Å². The molecule has 2 aromatic carbocycles. The largest absolute Gasteiger partial charge is 0.507 e. The Morgan fingerprint density at radius 2 is 1.83 bits per heavy atom. The van der Waals surface area contributed by atoms with E-state index in [2.05, 4.69) is 4.98 Å². The fourth-order valence-electron chi connectivity index (χ4n) is 4.45. The quantitative estimate of drug-likeness (QED) is 0.278.